The normalized spacial score (nSPS) is 33.0. The maximum atomic E-state index is 13.9. The number of hydrogen-bond donors (Lipinski definition) is 3. The summed E-state index contributed by atoms with van der Waals surface area (Å²) in [5, 5.41) is 19.1. The SMILES string of the molecule is [NH3+][C@@]1(c2cc(Br)ccc2F)C[C@@H](O)C[C@H]1CO. The zero-order valence-electron chi connectivity index (χ0n) is 9.37. The minimum atomic E-state index is -0.748. The minimum Gasteiger partial charge on any atom is -0.396 e. The molecule has 3 atom stereocenters. The first kappa shape index (κ1) is 13.0. The molecule has 1 aliphatic rings. The summed E-state index contributed by atoms with van der Waals surface area (Å²) >= 11 is 3.31. The maximum Gasteiger partial charge on any atom is 0.132 e. The fourth-order valence-corrected chi connectivity index (χ4v) is 3.04. The van der Waals surface area contributed by atoms with Gasteiger partial charge in [0, 0.05) is 22.4 Å². The Morgan fingerprint density at radius 3 is 2.88 bits per heavy atom. The summed E-state index contributed by atoms with van der Waals surface area (Å²) < 4.78 is 14.7. The van der Waals surface area contributed by atoms with Gasteiger partial charge in [0.05, 0.1) is 12.7 Å². The second-order valence-corrected chi connectivity index (χ2v) is 5.67. The number of hydrogen-bond acceptors (Lipinski definition) is 2. The average Bonchev–Trinajstić information content (AvgIpc) is 2.58. The molecule has 1 aromatic rings. The summed E-state index contributed by atoms with van der Waals surface area (Å²) in [6.07, 6.45) is 0.320. The summed E-state index contributed by atoms with van der Waals surface area (Å²) in [6.45, 7) is -0.0908. The van der Waals surface area contributed by atoms with Crippen LogP contribution in [-0.2, 0) is 5.54 Å². The number of rotatable bonds is 2. The first-order valence-electron chi connectivity index (χ1n) is 5.57. The van der Waals surface area contributed by atoms with Crippen LogP contribution in [0.4, 0.5) is 4.39 Å². The second kappa shape index (κ2) is 4.65. The van der Waals surface area contributed by atoms with Crippen LogP contribution in [0.15, 0.2) is 22.7 Å². The van der Waals surface area contributed by atoms with Crippen LogP contribution in [0.5, 0.6) is 0 Å². The lowest BCUT2D eigenvalue weighted by molar-refractivity contribution is -0.501. The van der Waals surface area contributed by atoms with Crippen molar-refractivity contribution in [3.63, 3.8) is 0 Å². The summed E-state index contributed by atoms with van der Waals surface area (Å²) in [6, 6.07) is 4.69. The van der Waals surface area contributed by atoms with Gasteiger partial charge in [0.1, 0.15) is 11.4 Å². The van der Waals surface area contributed by atoms with Gasteiger partial charge in [-0.3, -0.25) is 0 Å². The summed E-state index contributed by atoms with van der Waals surface area (Å²) in [4.78, 5) is 0. The molecule has 0 heterocycles. The molecule has 0 aromatic heterocycles. The molecule has 0 radical (unpaired) electrons. The topological polar surface area (TPSA) is 68.1 Å². The number of benzene rings is 1. The van der Waals surface area contributed by atoms with Crippen molar-refractivity contribution in [2.75, 3.05) is 6.61 Å². The van der Waals surface area contributed by atoms with Crippen molar-refractivity contribution in [1.29, 1.82) is 0 Å². The molecular formula is C12H16BrFNO2+. The molecule has 5 N–H and O–H groups in total. The molecule has 5 heteroatoms. The van der Waals surface area contributed by atoms with Crippen molar-refractivity contribution >= 4 is 15.9 Å². The van der Waals surface area contributed by atoms with Gasteiger partial charge in [-0.15, -0.1) is 0 Å². The predicted octanol–water partition coefficient (Wildman–Crippen LogP) is 0.789. The van der Waals surface area contributed by atoms with Crippen molar-refractivity contribution in [2.45, 2.75) is 24.5 Å². The van der Waals surface area contributed by atoms with E-state index in [4.69, 9.17) is 0 Å². The Hall–Kier alpha value is -0.490. The molecule has 0 bridgehead atoms. The van der Waals surface area contributed by atoms with Crippen molar-refractivity contribution in [3.05, 3.63) is 34.1 Å². The van der Waals surface area contributed by atoms with Gasteiger partial charge < -0.3 is 15.9 Å². The zero-order valence-corrected chi connectivity index (χ0v) is 11.0. The van der Waals surface area contributed by atoms with E-state index >= 15 is 0 Å². The van der Waals surface area contributed by atoms with Crippen LogP contribution in [0.25, 0.3) is 0 Å². The largest absolute Gasteiger partial charge is 0.396 e. The summed E-state index contributed by atoms with van der Waals surface area (Å²) in [5.74, 6) is -0.544. The number of quaternary nitrogens is 1. The Labute approximate surface area is 108 Å². The van der Waals surface area contributed by atoms with E-state index in [0.717, 1.165) is 4.47 Å². The van der Waals surface area contributed by atoms with Crippen LogP contribution in [0.1, 0.15) is 18.4 Å². The van der Waals surface area contributed by atoms with E-state index in [1.54, 1.807) is 12.1 Å². The highest BCUT2D eigenvalue weighted by molar-refractivity contribution is 9.10. The number of halogens is 2. The van der Waals surface area contributed by atoms with Crippen molar-refractivity contribution in [1.82, 2.24) is 0 Å². The van der Waals surface area contributed by atoms with Crippen molar-refractivity contribution in [2.24, 2.45) is 5.92 Å². The lowest BCUT2D eigenvalue weighted by Gasteiger charge is -2.27. The third-order valence-corrected chi connectivity index (χ3v) is 4.12. The monoisotopic (exact) mass is 304 g/mol. The molecule has 17 heavy (non-hydrogen) atoms. The standard InChI is InChI=1S/C12H15BrFNO2/c13-8-1-2-11(14)10(4-8)12(15)5-9(17)3-7(12)6-16/h1-2,4,7,9,16-17H,3,5-6,15H2/p+1/t7-,9-,12-/m0/s1. The molecule has 0 amide bonds. The third-order valence-electron chi connectivity index (χ3n) is 3.62. The van der Waals surface area contributed by atoms with E-state index in [2.05, 4.69) is 21.7 Å². The Balaban J connectivity index is 2.46. The Morgan fingerprint density at radius 2 is 2.24 bits per heavy atom. The smallest absolute Gasteiger partial charge is 0.132 e. The van der Waals surface area contributed by atoms with E-state index in [1.165, 1.54) is 6.07 Å². The maximum absolute atomic E-state index is 13.9. The number of aliphatic hydroxyl groups is 2. The summed E-state index contributed by atoms with van der Waals surface area (Å²) in [5.41, 5.74) is 3.78. The van der Waals surface area contributed by atoms with Gasteiger partial charge in [-0.2, -0.15) is 0 Å². The van der Waals surface area contributed by atoms with E-state index < -0.39 is 11.6 Å². The predicted molar refractivity (Wildman–Crippen MR) is 64.5 cm³/mol. The van der Waals surface area contributed by atoms with E-state index in [0.29, 0.717) is 18.4 Å². The van der Waals surface area contributed by atoms with Crippen LogP contribution in [0.3, 0.4) is 0 Å². The fourth-order valence-electron chi connectivity index (χ4n) is 2.68. The molecule has 3 nitrogen and oxygen atoms in total. The van der Waals surface area contributed by atoms with Gasteiger partial charge in [0.15, 0.2) is 0 Å². The Morgan fingerprint density at radius 1 is 1.53 bits per heavy atom. The highest BCUT2D eigenvalue weighted by Crippen LogP contribution is 2.41. The summed E-state index contributed by atoms with van der Waals surface area (Å²) in [7, 11) is 0. The van der Waals surface area contributed by atoms with Crippen LogP contribution >= 0.6 is 15.9 Å². The lowest BCUT2D eigenvalue weighted by atomic mass is 9.81. The first-order chi connectivity index (χ1) is 7.97. The second-order valence-electron chi connectivity index (χ2n) is 4.75. The van der Waals surface area contributed by atoms with Crippen molar-refractivity contribution in [3.8, 4) is 0 Å². The van der Waals surface area contributed by atoms with Crippen molar-refractivity contribution < 1.29 is 20.3 Å². The molecule has 1 aliphatic carbocycles. The fraction of sp³-hybridized carbons (Fsp3) is 0.500. The van der Waals surface area contributed by atoms with Crippen LogP contribution in [0.2, 0.25) is 0 Å². The molecule has 1 aromatic carbocycles. The highest BCUT2D eigenvalue weighted by Gasteiger charge is 2.50. The molecule has 1 fully saturated rings. The van der Waals surface area contributed by atoms with Gasteiger partial charge in [-0.1, -0.05) is 15.9 Å². The van der Waals surface area contributed by atoms with E-state index in [1.807, 2.05) is 0 Å². The van der Waals surface area contributed by atoms with Gasteiger partial charge in [0.25, 0.3) is 0 Å². The molecule has 0 saturated heterocycles. The molecule has 0 aliphatic heterocycles. The highest BCUT2D eigenvalue weighted by atomic mass is 79.9. The molecule has 2 rings (SSSR count). The van der Waals surface area contributed by atoms with Gasteiger partial charge in [-0.25, -0.2) is 4.39 Å². The Bertz CT molecular complexity index is 429. The minimum absolute atomic E-state index is 0.0908. The van der Waals surface area contributed by atoms with Gasteiger partial charge in [-0.05, 0) is 24.6 Å². The molecule has 0 spiro atoms. The number of aliphatic hydroxyl groups excluding tert-OH is 2. The van der Waals surface area contributed by atoms with Crippen LogP contribution < -0.4 is 5.73 Å². The quantitative estimate of drug-likeness (QED) is 0.756. The molecule has 0 unspecified atom stereocenters. The first-order valence-corrected chi connectivity index (χ1v) is 6.36. The average molecular weight is 305 g/mol. The van der Waals surface area contributed by atoms with Crippen LogP contribution in [-0.4, -0.2) is 22.9 Å². The van der Waals surface area contributed by atoms with Gasteiger partial charge >= 0.3 is 0 Å². The Kier molecular flexibility index (Phi) is 3.54. The van der Waals surface area contributed by atoms with Gasteiger partial charge in [0.2, 0.25) is 0 Å². The lowest BCUT2D eigenvalue weighted by Crippen LogP contribution is -2.72. The molecule has 1 saturated carbocycles. The van der Waals surface area contributed by atoms with Crippen LogP contribution in [0, 0.1) is 11.7 Å². The zero-order chi connectivity index (χ0) is 12.6. The third kappa shape index (κ3) is 2.25. The molecule has 94 valence electrons. The van der Waals surface area contributed by atoms with E-state index in [9.17, 15) is 14.6 Å². The van der Waals surface area contributed by atoms with E-state index in [-0.39, 0.29) is 18.3 Å². The molecular weight excluding hydrogens is 289 g/mol.